The molecule has 0 aromatic rings. The maximum absolute atomic E-state index is 10.2. The number of carbonyl (C=O) groups is 1. The molecule has 0 aromatic carbocycles. The molecule has 0 rings (SSSR count). The first-order valence-corrected chi connectivity index (χ1v) is 4.32. The summed E-state index contributed by atoms with van der Waals surface area (Å²) in [6.07, 6.45) is 0. The Kier molecular flexibility index (Phi) is 3.62. The predicted molar refractivity (Wildman–Crippen MR) is 35.2 cm³/mol. The SMILES string of the molecule is NS(=O)(=O)C(=O)OCCCl. The molecule has 0 fully saturated rings. The van der Waals surface area contributed by atoms with E-state index in [1.54, 1.807) is 0 Å². The molecule has 0 aliphatic carbocycles. The molecule has 0 amide bonds. The number of hydrogen-bond acceptors (Lipinski definition) is 4. The highest BCUT2D eigenvalue weighted by molar-refractivity contribution is 8.03. The topological polar surface area (TPSA) is 86.5 Å². The standard InChI is InChI=1S/C3H6ClNO4S/c4-1-2-9-3(6)10(5,7)8/h1-2H2,(H2,5,7,8). The van der Waals surface area contributed by atoms with Gasteiger partial charge in [-0.05, 0) is 0 Å². The number of ether oxygens (including phenoxy) is 1. The van der Waals surface area contributed by atoms with Crippen LogP contribution < -0.4 is 5.14 Å². The van der Waals surface area contributed by atoms with Crippen molar-refractivity contribution in [2.24, 2.45) is 5.14 Å². The molecular weight excluding hydrogens is 182 g/mol. The van der Waals surface area contributed by atoms with Crippen molar-refractivity contribution in [1.29, 1.82) is 0 Å². The van der Waals surface area contributed by atoms with E-state index in [1.807, 2.05) is 0 Å². The number of hydrogen-bond donors (Lipinski definition) is 1. The zero-order valence-electron chi connectivity index (χ0n) is 4.91. The van der Waals surface area contributed by atoms with Crippen LogP contribution in [0.4, 0.5) is 4.79 Å². The van der Waals surface area contributed by atoms with Crippen molar-refractivity contribution >= 4 is 26.9 Å². The van der Waals surface area contributed by atoms with Gasteiger partial charge >= 0.3 is 15.3 Å². The second-order valence-electron chi connectivity index (χ2n) is 1.33. The zero-order chi connectivity index (χ0) is 8.20. The summed E-state index contributed by atoms with van der Waals surface area (Å²) >= 11 is 5.08. The molecule has 60 valence electrons. The third-order valence-electron chi connectivity index (χ3n) is 0.529. The lowest BCUT2D eigenvalue weighted by Gasteiger charge is -1.97. The third-order valence-corrected chi connectivity index (χ3v) is 1.27. The smallest absolute Gasteiger partial charge is 0.439 e. The third kappa shape index (κ3) is 3.65. The monoisotopic (exact) mass is 187 g/mol. The first kappa shape index (κ1) is 9.67. The van der Waals surface area contributed by atoms with Crippen LogP contribution in [0.25, 0.3) is 0 Å². The molecule has 0 radical (unpaired) electrons. The van der Waals surface area contributed by atoms with Crippen molar-refractivity contribution in [3.63, 3.8) is 0 Å². The fourth-order valence-corrected chi connectivity index (χ4v) is 0.529. The van der Waals surface area contributed by atoms with E-state index in [2.05, 4.69) is 9.88 Å². The highest BCUT2D eigenvalue weighted by atomic mass is 35.5. The van der Waals surface area contributed by atoms with Crippen LogP contribution in [0, 0.1) is 0 Å². The van der Waals surface area contributed by atoms with E-state index < -0.39 is 15.3 Å². The van der Waals surface area contributed by atoms with Gasteiger partial charge in [-0.15, -0.1) is 11.6 Å². The highest BCUT2D eigenvalue weighted by Crippen LogP contribution is 1.88. The number of alkyl halides is 1. The Morgan fingerprint density at radius 2 is 2.10 bits per heavy atom. The van der Waals surface area contributed by atoms with Gasteiger partial charge in [-0.3, -0.25) is 0 Å². The van der Waals surface area contributed by atoms with E-state index in [1.165, 1.54) is 0 Å². The summed E-state index contributed by atoms with van der Waals surface area (Å²) in [5, 5.41) is 2.92. The minimum Gasteiger partial charge on any atom is -0.452 e. The van der Waals surface area contributed by atoms with Gasteiger partial charge in [-0.1, -0.05) is 0 Å². The fourth-order valence-electron chi connectivity index (χ4n) is 0.204. The lowest BCUT2D eigenvalue weighted by Crippen LogP contribution is -2.24. The van der Waals surface area contributed by atoms with Crippen molar-refractivity contribution in [2.75, 3.05) is 12.5 Å². The van der Waals surface area contributed by atoms with Gasteiger partial charge in [0.1, 0.15) is 6.61 Å². The van der Waals surface area contributed by atoms with Crippen LogP contribution in [0.3, 0.4) is 0 Å². The minimum absolute atomic E-state index is 0.0429. The summed E-state index contributed by atoms with van der Waals surface area (Å²) < 4.78 is 24.3. The van der Waals surface area contributed by atoms with Gasteiger partial charge in [0, 0.05) is 0 Å². The predicted octanol–water partition coefficient (Wildman–Crippen LogP) is -0.350. The van der Waals surface area contributed by atoms with Gasteiger partial charge in [0.05, 0.1) is 5.88 Å². The summed E-state index contributed by atoms with van der Waals surface area (Å²) in [6.45, 7) is -0.156. The summed E-state index contributed by atoms with van der Waals surface area (Å²) in [7, 11) is -4.19. The molecular formula is C3H6ClNO4S. The van der Waals surface area contributed by atoms with Crippen molar-refractivity contribution in [3.05, 3.63) is 0 Å². The summed E-state index contributed by atoms with van der Waals surface area (Å²) in [5.74, 6) is 0.0429. The number of carbonyl (C=O) groups excluding carboxylic acids is 1. The molecule has 0 aliphatic rings. The Morgan fingerprint density at radius 3 is 2.40 bits per heavy atom. The molecule has 0 atom stereocenters. The van der Waals surface area contributed by atoms with Crippen LogP contribution in [-0.4, -0.2) is 26.2 Å². The van der Waals surface area contributed by atoms with Crippen molar-refractivity contribution < 1.29 is 17.9 Å². The summed E-state index contributed by atoms with van der Waals surface area (Å²) in [4.78, 5) is 10.2. The first-order valence-electron chi connectivity index (χ1n) is 2.24. The Morgan fingerprint density at radius 1 is 1.60 bits per heavy atom. The molecule has 10 heavy (non-hydrogen) atoms. The molecule has 0 aliphatic heterocycles. The van der Waals surface area contributed by atoms with Gasteiger partial charge < -0.3 is 4.74 Å². The van der Waals surface area contributed by atoms with Crippen molar-refractivity contribution in [3.8, 4) is 0 Å². The Hall–Kier alpha value is -0.330. The molecule has 0 unspecified atom stereocenters. The maximum Gasteiger partial charge on any atom is 0.439 e. The van der Waals surface area contributed by atoms with Gasteiger partial charge in [0.2, 0.25) is 0 Å². The van der Waals surface area contributed by atoms with Crippen molar-refractivity contribution in [2.45, 2.75) is 0 Å². The van der Waals surface area contributed by atoms with Crippen LogP contribution >= 0.6 is 11.6 Å². The van der Waals surface area contributed by atoms with E-state index in [-0.39, 0.29) is 12.5 Å². The Labute approximate surface area is 63.1 Å². The minimum atomic E-state index is -4.19. The molecule has 0 heterocycles. The fraction of sp³-hybridized carbons (Fsp3) is 0.667. The average molecular weight is 188 g/mol. The number of nitrogens with two attached hydrogens (primary N) is 1. The maximum atomic E-state index is 10.2. The molecule has 0 bridgehead atoms. The largest absolute Gasteiger partial charge is 0.452 e. The van der Waals surface area contributed by atoms with Gasteiger partial charge in [-0.25, -0.2) is 18.4 Å². The van der Waals surface area contributed by atoms with E-state index >= 15 is 0 Å². The van der Waals surface area contributed by atoms with Gasteiger partial charge in [0.15, 0.2) is 0 Å². The molecule has 5 nitrogen and oxygen atoms in total. The Balaban J connectivity index is 3.88. The summed E-state index contributed by atoms with van der Waals surface area (Å²) in [6, 6.07) is 0. The van der Waals surface area contributed by atoms with E-state index in [9.17, 15) is 13.2 Å². The number of rotatable bonds is 2. The number of primary sulfonamides is 1. The van der Waals surface area contributed by atoms with E-state index in [0.29, 0.717) is 0 Å². The molecule has 0 saturated heterocycles. The van der Waals surface area contributed by atoms with E-state index in [0.717, 1.165) is 0 Å². The highest BCUT2D eigenvalue weighted by Gasteiger charge is 2.16. The number of sulfonamides is 1. The van der Waals surface area contributed by atoms with Crippen molar-refractivity contribution in [1.82, 2.24) is 0 Å². The zero-order valence-corrected chi connectivity index (χ0v) is 6.48. The van der Waals surface area contributed by atoms with E-state index in [4.69, 9.17) is 11.6 Å². The van der Waals surface area contributed by atoms with Gasteiger partial charge in [-0.2, -0.15) is 0 Å². The molecule has 2 N–H and O–H groups in total. The molecule has 0 aromatic heterocycles. The Bertz CT molecular complexity index is 211. The second-order valence-corrected chi connectivity index (χ2v) is 3.13. The first-order chi connectivity index (χ1) is 4.48. The lowest BCUT2D eigenvalue weighted by atomic mass is 10.9. The van der Waals surface area contributed by atoms with Gasteiger partial charge in [0.25, 0.3) is 0 Å². The van der Waals surface area contributed by atoms with Crippen LogP contribution in [0.5, 0.6) is 0 Å². The molecule has 0 spiro atoms. The van der Waals surface area contributed by atoms with Crippen LogP contribution in [0.2, 0.25) is 0 Å². The summed E-state index contributed by atoms with van der Waals surface area (Å²) in [5.41, 5.74) is 0. The lowest BCUT2D eigenvalue weighted by molar-refractivity contribution is 0.179. The van der Waals surface area contributed by atoms with Crippen LogP contribution in [-0.2, 0) is 14.8 Å². The quantitative estimate of drug-likeness (QED) is 0.473. The second kappa shape index (κ2) is 3.75. The van der Waals surface area contributed by atoms with Crippen LogP contribution in [0.15, 0.2) is 0 Å². The molecule has 0 saturated carbocycles. The normalized spacial score (nSPS) is 11.0. The van der Waals surface area contributed by atoms with Crippen LogP contribution in [0.1, 0.15) is 0 Å². The average Bonchev–Trinajstić information content (AvgIpc) is 1.80. The number of halogens is 1. The molecule has 7 heteroatoms.